The Morgan fingerprint density at radius 1 is 0.806 bits per heavy atom. The van der Waals surface area contributed by atoms with Crippen LogP contribution in [0.4, 0.5) is 0 Å². The van der Waals surface area contributed by atoms with Crippen LogP contribution in [0.3, 0.4) is 0 Å². The van der Waals surface area contributed by atoms with Crippen LogP contribution in [0.25, 0.3) is 0 Å². The third-order valence-electron chi connectivity index (χ3n) is 9.95. The highest BCUT2D eigenvalue weighted by atomic mass is 16.6. The van der Waals surface area contributed by atoms with E-state index in [0.717, 1.165) is 12.8 Å². The lowest BCUT2D eigenvalue weighted by molar-refractivity contribution is 0.0583. The fourth-order valence-corrected chi connectivity index (χ4v) is 7.78. The number of fused-ring (bicyclic) bond motifs is 2. The van der Waals surface area contributed by atoms with Crippen molar-refractivity contribution in [3.63, 3.8) is 0 Å². The van der Waals surface area contributed by atoms with Crippen LogP contribution >= 0.6 is 0 Å². The molecule has 5 heteroatoms. The summed E-state index contributed by atoms with van der Waals surface area (Å²) in [5.41, 5.74) is 0.201. The zero-order chi connectivity index (χ0) is 22.4. The highest BCUT2D eigenvalue weighted by Crippen LogP contribution is 2.72. The topological polar surface area (TPSA) is 58.9 Å². The first-order valence-corrected chi connectivity index (χ1v) is 12.3. The second-order valence-electron chi connectivity index (χ2n) is 12.4. The van der Waals surface area contributed by atoms with Crippen molar-refractivity contribution in [1.82, 2.24) is 0 Å². The molecule has 0 bridgehead atoms. The maximum atomic E-state index is 10.2. The molecule has 0 heterocycles. The van der Waals surface area contributed by atoms with Gasteiger partial charge in [-0.2, -0.15) is 0 Å². The molecule has 31 heavy (non-hydrogen) atoms. The third-order valence-corrected chi connectivity index (χ3v) is 9.95. The molecule has 4 fully saturated rings. The van der Waals surface area contributed by atoms with Crippen molar-refractivity contribution < 1.29 is 19.5 Å². The van der Waals surface area contributed by atoms with E-state index in [1.165, 1.54) is 25.7 Å². The summed E-state index contributed by atoms with van der Waals surface area (Å²) in [5, 5.41) is 20.4. The Balaban J connectivity index is 1.53. The van der Waals surface area contributed by atoms with Crippen LogP contribution in [0, 0.1) is 34.5 Å². The zero-order valence-corrected chi connectivity index (χ0v) is 20.1. The van der Waals surface area contributed by atoms with E-state index in [1.807, 2.05) is 12.1 Å². The van der Waals surface area contributed by atoms with Crippen LogP contribution in [0.5, 0.6) is 11.5 Å². The molecule has 2 N–H and O–H groups in total. The molecular formula is C26H39BO4. The maximum Gasteiger partial charge on any atom is 0.492 e. The fraction of sp³-hybridized carbons (Fsp3) is 0.769. The van der Waals surface area contributed by atoms with Gasteiger partial charge in [0.25, 0.3) is 0 Å². The van der Waals surface area contributed by atoms with Crippen molar-refractivity contribution in [2.45, 2.75) is 91.3 Å². The smallest absolute Gasteiger partial charge is 0.483 e. The Labute approximate surface area is 187 Å². The van der Waals surface area contributed by atoms with Crippen molar-refractivity contribution >= 4 is 12.6 Å². The van der Waals surface area contributed by atoms with Crippen LogP contribution in [-0.2, 0) is 0 Å². The van der Waals surface area contributed by atoms with Gasteiger partial charge in [-0.15, -0.1) is 0 Å². The van der Waals surface area contributed by atoms with Crippen molar-refractivity contribution in [3.05, 3.63) is 18.2 Å². The Kier molecular flexibility index (Phi) is 4.65. The summed E-state index contributed by atoms with van der Waals surface area (Å²) in [6.45, 7) is 13.9. The quantitative estimate of drug-likeness (QED) is 0.678. The molecule has 5 rings (SSSR count). The molecule has 0 radical (unpaired) electrons. The molecule has 1 aromatic carbocycles. The molecule has 0 aromatic heterocycles. The lowest BCUT2D eigenvalue weighted by Gasteiger charge is -2.33. The minimum atomic E-state index is -1.58. The molecule has 4 aliphatic rings. The molecule has 6 unspecified atom stereocenters. The number of ether oxygens (including phenoxy) is 2. The first kappa shape index (κ1) is 21.6. The SMILES string of the molecule is CC1CCC2C(C)(C)C2(Oc2cccc(B(O)O)c2OC23CC(C)CCC2C3(C)C)C1. The zero-order valence-electron chi connectivity index (χ0n) is 20.1. The van der Waals surface area contributed by atoms with E-state index in [0.29, 0.717) is 40.6 Å². The van der Waals surface area contributed by atoms with Gasteiger partial charge in [-0.1, -0.05) is 66.5 Å². The van der Waals surface area contributed by atoms with E-state index >= 15 is 0 Å². The predicted octanol–water partition coefficient (Wildman–Crippen LogP) is 4.55. The summed E-state index contributed by atoms with van der Waals surface area (Å²) < 4.78 is 13.8. The van der Waals surface area contributed by atoms with Crippen LogP contribution < -0.4 is 14.9 Å². The molecule has 0 saturated heterocycles. The van der Waals surface area contributed by atoms with Gasteiger partial charge >= 0.3 is 7.12 Å². The Bertz CT molecular complexity index is 880. The normalized spacial score (nSPS) is 41.5. The van der Waals surface area contributed by atoms with Gasteiger partial charge in [-0.3, -0.25) is 0 Å². The Hall–Kier alpha value is -1.20. The summed E-state index contributed by atoms with van der Waals surface area (Å²) in [4.78, 5) is 0. The van der Waals surface area contributed by atoms with Crippen molar-refractivity contribution in [2.75, 3.05) is 0 Å². The van der Waals surface area contributed by atoms with E-state index < -0.39 is 7.12 Å². The number of hydrogen-bond donors (Lipinski definition) is 2. The van der Waals surface area contributed by atoms with E-state index in [-0.39, 0.29) is 22.0 Å². The van der Waals surface area contributed by atoms with Crippen LogP contribution in [0.15, 0.2) is 18.2 Å². The van der Waals surface area contributed by atoms with Gasteiger partial charge in [0.2, 0.25) is 0 Å². The molecule has 4 saturated carbocycles. The summed E-state index contributed by atoms with van der Waals surface area (Å²) in [5.74, 6) is 3.54. The largest absolute Gasteiger partial charge is 0.492 e. The minimum absolute atomic E-state index is 0.0849. The van der Waals surface area contributed by atoms with Gasteiger partial charge in [-0.25, -0.2) is 0 Å². The van der Waals surface area contributed by atoms with Gasteiger partial charge in [0.1, 0.15) is 11.2 Å². The van der Waals surface area contributed by atoms with Crippen LogP contribution in [-0.4, -0.2) is 28.4 Å². The van der Waals surface area contributed by atoms with Crippen LogP contribution in [0.1, 0.15) is 80.1 Å². The first-order valence-electron chi connectivity index (χ1n) is 12.3. The summed E-state index contributed by atoms with van der Waals surface area (Å²) >= 11 is 0. The Morgan fingerprint density at radius 3 is 1.84 bits per heavy atom. The molecule has 170 valence electrons. The van der Waals surface area contributed by atoms with Crippen molar-refractivity contribution in [2.24, 2.45) is 34.5 Å². The summed E-state index contributed by atoms with van der Waals surface area (Å²) in [7, 11) is -1.58. The van der Waals surface area contributed by atoms with Crippen molar-refractivity contribution in [1.29, 1.82) is 0 Å². The average molecular weight is 426 g/mol. The number of benzene rings is 1. The second kappa shape index (κ2) is 6.66. The predicted molar refractivity (Wildman–Crippen MR) is 124 cm³/mol. The Morgan fingerprint density at radius 2 is 1.32 bits per heavy atom. The minimum Gasteiger partial charge on any atom is -0.483 e. The molecule has 0 spiro atoms. The molecular weight excluding hydrogens is 387 g/mol. The number of rotatable bonds is 5. The summed E-state index contributed by atoms with van der Waals surface area (Å²) in [6, 6.07) is 5.59. The standard InChI is InChI=1S/C26H39BO4/c1-16-10-12-20-23(3,4)25(20,14-16)30-19-9-7-8-18(27(28)29)22(19)31-26-15-17(2)11-13-21(26)24(26,5)6/h7-9,16-17,20-21,28-29H,10-15H2,1-6H3. The third kappa shape index (κ3) is 2.88. The molecule has 6 atom stereocenters. The fourth-order valence-electron chi connectivity index (χ4n) is 7.78. The lowest BCUT2D eigenvalue weighted by Crippen LogP contribution is -2.38. The van der Waals surface area contributed by atoms with Crippen molar-refractivity contribution in [3.8, 4) is 11.5 Å². The molecule has 0 amide bonds. The summed E-state index contributed by atoms with van der Waals surface area (Å²) in [6.07, 6.45) is 6.93. The van der Waals surface area contributed by atoms with E-state index in [1.54, 1.807) is 6.07 Å². The highest BCUT2D eigenvalue weighted by Gasteiger charge is 2.76. The van der Waals surface area contributed by atoms with Gasteiger partial charge in [-0.05, 0) is 43.6 Å². The highest BCUT2D eigenvalue weighted by molar-refractivity contribution is 6.59. The van der Waals surface area contributed by atoms with E-state index in [2.05, 4.69) is 41.5 Å². The van der Waals surface area contributed by atoms with Crippen LogP contribution in [0.2, 0.25) is 0 Å². The van der Waals surface area contributed by atoms with Gasteiger partial charge in [0, 0.05) is 28.1 Å². The van der Waals surface area contributed by atoms with Gasteiger partial charge in [0.15, 0.2) is 11.5 Å². The average Bonchev–Trinajstić information content (AvgIpc) is 3.36. The first-order chi connectivity index (χ1) is 14.5. The molecule has 1 aromatic rings. The van der Waals surface area contributed by atoms with Gasteiger partial charge in [0.05, 0.1) is 0 Å². The second-order valence-corrected chi connectivity index (χ2v) is 12.4. The van der Waals surface area contributed by atoms with E-state index in [9.17, 15) is 10.0 Å². The number of hydrogen-bond acceptors (Lipinski definition) is 4. The monoisotopic (exact) mass is 426 g/mol. The van der Waals surface area contributed by atoms with Gasteiger partial charge < -0.3 is 19.5 Å². The molecule has 0 aliphatic heterocycles. The van der Waals surface area contributed by atoms with E-state index in [4.69, 9.17) is 9.47 Å². The lowest BCUT2D eigenvalue weighted by atomic mass is 9.79. The number of para-hydroxylation sites is 1. The maximum absolute atomic E-state index is 10.2. The molecule has 4 nitrogen and oxygen atoms in total. The molecule has 4 aliphatic carbocycles.